The molecule has 6 nitrogen and oxygen atoms in total. The molecule has 1 aliphatic heterocycles. The third-order valence-electron chi connectivity index (χ3n) is 5.89. The molecule has 1 amide bonds. The number of carbonyl (C=O) groups is 1. The van der Waals surface area contributed by atoms with E-state index < -0.39 is 5.91 Å². The third kappa shape index (κ3) is 3.34. The van der Waals surface area contributed by atoms with E-state index in [1.165, 1.54) is 6.42 Å². The lowest BCUT2D eigenvalue weighted by Crippen LogP contribution is -2.53. The van der Waals surface area contributed by atoms with Crippen molar-refractivity contribution in [3.05, 3.63) is 30.0 Å². The fourth-order valence-electron chi connectivity index (χ4n) is 4.30. The molecule has 2 heterocycles. The van der Waals surface area contributed by atoms with Gasteiger partial charge in [-0.25, -0.2) is 0 Å². The number of nitrogens with zero attached hydrogens (tertiary/aromatic N) is 1. The van der Waals surface area contributed by atoms with Gasteiger partial charge < -0.3 is 20.5 Å². The van der Waals surface area contributed by atoms with Crippen molar-refractivity contribution in [2.75, 3.05) is 13.1 Å². The number of carbonyl (C=O) groups excluding carboxylic acids is 1. The maximum Gasteiger partial charge on any atom is 0.252 e. The maximum atomic E-state index is 11.8. The second-order valence-electron chi connectivity index (χ2n) is 7.96. The molecule has 0 unspecified atom stereocenters. The fourth-order valence-corrected chi connectivity index (χ4v) is 4.30. The summed E-state index contributed by atoms with van der Waals surface area (Å²) in [4.78, 5) is 16.3. The van der Waals surface area contributed by atoms with E-state index in [4.69, 9.17) is 15.2 Å². The molecule has 1 saturated heterocycles. The summed E-state index contributed by atoms with van der Waals surface area (Å²) in [6.45, 7) is 5.96. The number of hydrogen-bond donors (Lipinski definition) is 2. The number of ether oxygens (including phenoxy) is 2. The summed E-state index contributed by atoms with van der Waals surface area (Å²) in [5, 5.41) is 4.29. The number of amides is 1. The molecule has 1 atom stereocenters. The maximum absolute atomic E-state index is 11.8. The summed E-state index contributed by atoms with van der Waals surface area (Å²) < 4.78 is 12.3. The number of benzene rings is 1. The molecule has 1 saturated carbocycles. The number of fused-ring (bicyclic) bond motifs is 1. The molecule has 3 N–H and O–H groups in total. The zero-order valence-corrected chi connectivity index (χ0v) is 16.0. The summed E-state index contributed by atoms with van der Waals surface area (Å²) in [6, 6.07) is 5.44. The normalized spacial score (nSPS) is 21.2. The summed E-state index contributed by atoms with van der Waals surface area (Å²) in [7, 11) is 0. The lowest BCUT2D eigenvalue weighted by atomic mass is 9.61. The first-order valence-electron chi connectivity index (χ1n) is 9.75. The van der Waals surface area contributed by atoms with Crippen molar-refractivity contribution in [1.29, 1.82) is 0 Å². The molecular formula is C21H27N3O3. The van der Waals surface area contributed by atoms with Crippen LogP contribution in [0, 0.1) is 5.41 Å². The van der Waals surface area contributed by atoms with Crippen LogP contribution < -0.4 is 20.5 Å². The van der Waals surface area contributed by atoms with Crippen molar-refractivity contribution in [2.24, 2.45) is 11.1 Å². The average molecular weight is 369 g/mol. The first-order valence-corrected chi connectivity index (χ1v) is 9.75. The molecule has 2 aliphatic rings. The Morgan fingerprint density at radius 2 is 2.04 bits per heavy atom. The topological polar surface area (TPSA) is 86.5 Å². The highest BCUT2D eigenvalue weighted by Gasteiger charge is 2.48. The van der Waals surface area contributed by atoms with Crippen molar-refractivity contribution < 1.29 is 14.3 Å². The summed E-state index contributed by atoms with van der Waals surface area (Å²) in [6.07, 6.45) is 6.53. The SMILES string of the molecule is CC(C)Oc1cc2c(O[C@@H]3CCC34CCNCC4)ccnc2cc1C(N)=O. The third-order valence-corrected chi connectivity index (χ3v) is 5.89. The second kappa shape index (κ2) is 7.00. The molecular weight excluding hydrogens is 342 g/mol. The van der Waals surface area contributed by atoms with Crippen LogP contribution in [0.4, 0.5) is 0 Å². The molecule has 6 heteroatoms. The Balaban J connectivity index is 1.69. The Morgan fingerprint density at radius 3 is 2.67 bits per heavy atom. The van der Waals surface area contributed by atoms with Crippen molar-refractivity contribution in [1.82, 2.24) is 10.3 Å². The van der Waals surface area contributed by atoms with Crippen LogP contribution in [0.5, 0.6) is 11.5 Å². The van der Waals surface area contributed by atoms with Gasteiger partial charge in [0.15, 0.2) is 0 Å². The van der Waals surface area contributed by atoms with E-state index in [2.05, 4.69) is 10.3 Å². The predicted octanol–water partition coefficient (Wildman–Crippen LogP) is 3.03. The minimum Gasteiger partial charge on any atom is -0.490 e. The molecule has 4 rings (SSSR count). The van der Waals surface area contributed by atoms with Crippen LogP contribution >= 0.6 is 0 Å². The fraction of sp³-hybridized carbons (Fsp3) is 0.524. The second-order valence-corrected chi connectivity index (χ2v) is 7.96. The summed E-state index contributed by atoms with van der Waals surface area (Å²) in [5.74, 6) is 0.758. The summed E-state index contributed by atoms with van der Waals surface area (Å²) >= 11 is 0. The molecule has 1 aromatic carbocycles. The van der Waals surface area contributed by atoms with Gasteiger partial charge in [0.05, 0.1) is 17.2 Å². The average Bonchev–Trinajstić information content (AvgIpc) is 2.65. The van der Waals surface area contributed by atoms with Gasteiger partial charge in [-0.1, -0.05) is 0 Å². The molecule has 144 valence electrons. The van der Waals surface area contributed by atoms with E-state index >= 15 is 0 Å². The Labute approximate surface area is 159 Å². The quantitative estimate of drug-likeness (QED) is 0.846. The molecule has 2 aromatic rings. The number of nitrogens with one attached hydrogen (secondary N) is 1. The lowest BCUT2D eigenvalue weighted by Gasteiger charge is -2.51. The van der Waals surface area contributed by atoms with Crippen LogP contribution in [0.1, 0.15) is 49.9 Å². The number of aromatic nitrogens is 1. The smallest absolute Gasteiger partial charge is 0.252 e. The van der Waals surface area contributed by atoms with Crippen LogP contribution in [-0.4, -0.2) is 36.2 Å². The van der Waals surface area contributed by atoms with Crippen molar-refractivity contribution in [2.45, 2.75) is 51.7 Å². The van der Waals surface area contributed by atoms with Gasteiger partial charge in [0.25, 0.3) is 5.91 Å². The molecule has 27 heavy (non-hydrogen) atoms. The zero-order chi connectivity index (χ0) is 19.0. The van der Waals surface area contributed by atoms with Gasteiger partial charge in [-0.15, -0.1) is 0 Å². The van der Waals surface area contributed by atoms with E-state index in [1.807, 2.05) is 26.0 Å². The van der Waals surface area contributed by atoms with Crippen LogP contribution in [0.25, 0.3) is 10.9 Å². The number of pyridine rings is 1. The number of piperidine rings is 1. The first-order chi connectivity index (χ1) is 13.0. The molecule has 1 spiro atoms. The van der Waals surface area contributed by atoms with Crippen LogP contribution in [0.3, 0.4) is 0 Å². The van der Waals surface area contributed by atoms with E-state index in [-0.39, 0.29) is 12.2 Å². The van der Waals surface area contributed by atoms with Crippen molar-refractivity contribution in [3.63, 3.8) is 0 Å². The Bertz CT molecular complexity index is 859. The van der Waals surface area contributed by atoms with Crippen LogP contribution in [0.15, 0.2) is 24.4 Å². The lowest BCUT2D eigenvalue weighted by molar-refractivity contribution is -0.0651. The Kier molecular flexibility index (Phi) is 4.68. The molecule has 2 fully saturated rings. The van der Waals surface area contributed by atoms with Gasteiger partial charge in [-0.3, -0.25) is 9.78 Å². The van der Waals surface area contributed by atoms with E-state index in [0.29, 0.717) is 22.2 Å². The Morgan fingerprint density at radius 1 is 1.26 bits per heavy atom. The van der Waals surface area contributed by atoms with E-state index in [0.717, 1.165) is 43.5 Å². The molecule has 0 bridgehead atoms. The molecule has 0 radical (unpaired) electrons. The summed E-state index contributed by atoms with van der Waals surface area (Å²) in [5.41, 5.74) is 6.87. The number of hydrogen-bond acceptors (Lipinski definition) is 5. The highest BCUT2D eigenvalue weighted by Crippen LogP contribution is 2.50. The molecule has 1 aromatic heterocycles. The zero-order valence-electron chi connectivity index (χ0n) is 16.0. The van der Waals surface area contributed by atoms with E-state index in [9.17, 15) is 4.79 Å². The highest BCUT2D eigenvalue weighted by molar-refractivity contribution is 6.01. The largest absolute Gasteiger partial charge is 0.490 e. The van der Waals surface area contributed by atoms with Gasteiger partial charge in [0, 0.05) is 17.0 Å². The predicted molar refractivity (Wildman–Crippen MR) is 104 cm³/mol. The number of rotatable bonds is 5. The van der Waals surface area contributed by atoms with Crippen molar-refractivity contribution in [3.8, 4) is 11.5 Å². The van der Waals surface area contributed by atoms with Crippen LogP contribution in [0.2, 0.25) is 0 Å². The van der Waals surface area contributed by atoms with Crippen molar-refractivity contribution >= 4 is 16.8 Å². The van der Waals surface area contributed by atoms with Gasteiger partial charge in [0.1, 0.15) is 17.6 Å². The first kappa shape index (κ1) is 18.0. The highest BCUT2D eigenvalue weighted by atomic mass is 16.5. The van der Waals surface area contributed by atoms with Gasteiger partial charge in [-0.2, -0.15) is 0 Å². The minimum absolute atomic E-state index is 0.0637. The molecule has 1 aliphatic carbocycles. The number of nitrogens with two attached hydrogens (primary N) is 1. The van der Waals surface area contributed by atoms with Crippen LogP contribution in [-0.2, 0) is 0 Å². The van der Waals surface area contributed by atoms with Gasteiger partial charge in [0.2, 0.25) is 0 Å². The minimum atomic E-state index is -0.520. The standard InChI is InChI=1S/C21H27N3O3/c1-13(2)26-18-12-14-16(11-15(18)20(22)25)24-8-4-17(14)27-19-3-5-21(19)6-9-23-10-7-21/h4,8,11-13,19,23H,3,5-7,9-10H2,1-2H3,(H2,22,25)/t19-/m1/s1. The Hall–Kier alpha value is -2.34. The van der Waals surface area contributed by atoms with E-state index in [1.54, 1.807) is 12.3 Å². The van der Waals surface area contributed by atoms with Gasteiger partial charge >= 0.3 is 0 Å². The van der Waals surface area contributed by atoms with Gasteiger partial charge in [-0.05, 0) is 70.8 Å². The number of primary amides is 1. The monoisotopic (exact) mass is 369 g/mol.